The molecule has 0 saturated heterocycles. The lowest BCUT2D eigenvalue weighted by atomic mass is 10.3. The van der Waals surface area contributed by atoms with Gasteiger partial charge in [0.15, 0.2) is 22.8 Å². The largest absolute Gasteiger partial charge is 0.440 e. The molecule has 0 unspecified atom stereocenters. The van der Waals surface area contributed by atoms with Gasteiger partial charge >= 0.3 is 0 Å². The van der Waals surface area contributed by atoms with Crippen LogP contribution in [-0.4, -0.2) is 21.5 Å². The molecule has 0 amide bonds. The van der Waals surface area contributed by atoms with Crippen LogP contribution in [0.25, 0.3) is 11.1 Å². The number of rotatable bonds is 5. The van der Waals surface area contributed by atoms with Crippen molar-refractivity contribution in [3.8, 4) is 0 Å². The highest BCUT2D eigenvalue weighted by molar-refractivity contribution is 5.86. The van der Waals surface area contributed by atoms with E-state index >= 15 is 0 Å². The fourth-order valence-electron chi connectivity index (χ4n) is 1.98. The maximum Gasteiger partial charge on any atom is 0.196 e. The summed E-state index contributed by atoms with van der Waals surface area (Å²) >= 11 is 0. The average Bonchev–Trinajstić information content (AvgIpc) is 2.90. The Labute approximate surface area is 156 Å². The van der Waals surface area contributed by atoms with Crippen molar-refractivity contribution in [2.45, 2.75) is 13.0 Å². The first-order valence-electron chi connectivity index (χ1n) is 6.55. The van der Waals surface area contributed by atoms with Crippen molar-refractivity contribution in [3.63, 3.8) is 0 Å². The van der Waals surface area contributed by atoms with Gasteiger partial charge in [0, 0.05) is 31.4 Å². The van der Waals surface area contributed by atoms with E-state index in [4.69, 9.17) is 10.2 Å². The maximum absolute atomic E-state index is 13.5. The summed E-state index contributed by atoms with van der Waals surface area (Å²) in [7, 11) is 0. The quantitative estimate of drug-likeness (QED) is 0.688. The molecule has 0 aromatic carbocycles. The molecule has 3 rings (SSSR count). The highest BCUT2D eigenvalue weighted by Gasteiger charge is 2.11. The zero-order valence-electron chi connectivity index (χ0n) is 12.4. The third-order valence-corrected chi connectivity index (χ3v) is 2.97. The Morgan fingerprint density at radius 2 is 1.92 bits per heavy atom. The van der Waals surface area contributed by atoms with Crippen LogP contribution in [0.2, 0.25) is 0 Å². The molecule has 3 aromatic heterocycles. The monoisotopic (exact) mass is 395 g/mol. The highest BCUT2D eigenvalue weighted by Crippen LogP contribution is 2.22. The lowest BCUT2D eigenvalue weighted by Gasteiger charge is -2.05. The minimum atomic E-state index is -0.360. The highest BCUT2D eigenvalue weighted by atomic mass is 35.5. The van der Waals surface area contributed by atoms with Crippen LogP contribution in [0.5, 0.6) is 0 Å². The zero-order chi connectivity index (χ0) is 14.7. The van der Waals surface area contributed by atoms with Gasteiger partial charge in [0.25, 0.3) is 0 Å². The summed E-state index contributed by atoms with van der Waals surface area (Å²) in [5.74, 6) is 0.735. The van der Waals surface area contributed by atoms with Crippen LogP contribution in [-0.2, 0) is 13.0 Å². The molecule has 3 N–H and O–H groups in total. The Hall–Kier alpha value is -1.67. The molecular weight excluding hydrogens is 380 g/mol. The van der Waals surface area contributed by atoms with Crippen LogP contribution < -0.4 is 11.1 Å². The Bertz CT molecular complexity index is 771. The van der Waals surface area contributed by atoms with Crippen LogP contribution in [0.4, 0.5) is 10.2 Å². The number of nitrogens with zero attached hydrogens (tertiary/aromatic N) is 3. The third kappa shape index (κ3) is 4.91. The number of oxazole rings is 1. The Morgan fingerprint density at radius 1 is 1.12 bits per heavy atom. The molecule has 24 heavy (non-hydrogen) atoms. The molecule has 0 radical (unpaired) electrons. The van der Waals surface area contributed by atoms with Crippen molar-refractivity contribution in [3.05, 3.63) is 48.0 Å². The van der Waals surface area contributed by atoms with Gasteiger partial charge in [-0.25, -0.2) is 14.4 Å². The van der Waals surface area contributed by atoms with Gasteiger partial charge in [-0.05, 0) is 12.1 Å². The summed E-state index contributed by atoms with van der Waals surface area (Å²) in [6.07, 6.45) is 3.71. The van der Waals surface area contributed by atoms with E-state index in [-0.39, 0.29) is 49.6 Å². The molecule has 0 aliphatic heterocycles. The molecule has 6 nitrogen and oxygen atoms in total. The number of nitrogens with two attached hydrogens (primary N) is 1. The van der Waals surface area contributed by atoms with Crippen LogP contribution in [0.15, 0.2) is 35.0 Å². The van der Waals surface area contributed by atoms with Crippen LogP contribution in [0.1, 0.15) is 11.6 Å². The number of fused-ring (bicyclic) bond motifs is 1. The second-order valence-corrected chi connectivity index (χ2v) is 4.44. The van der Waals surface area contributed by atoms with Crippen LogP contribution in [0, 0.1) is 5.82 Å². The van der Waals surface area contributed by atoms with E-state index in [9.17, 15) is 4.39 Å². The second kappa shape index (κ2) is 10.2. The number of halogens is 4. The molecule has 0 bridgehead atoms. The van der Waals surface area contributed by atoms with E-state index in [1.807, 2.05) is 0 Å². The van der Waals surface area contributed by atoms with Gasteiger partial charge in [0.05, 0.1) is 12.2 Å². The lowest BCUT2D eigenvalue weighted by Crippen LogP contribution is -2.06. The smallest absolute Gasteiger partial charge is 0.196 e. The van der Waals surface area contributed by atoms with Crippen molar-refractivity contribution < 1.29 is 8.81 Å². The second-order valence-electron chi connectivity index (χ2n) is 4.44. The first kappa shape index (κ1) is 22.3. The number of aromatic nitrogens is 3. The van der Waals surface area contributed by atoms with Crippen molar-refractivity contribution in [2.75, 3.05) is 11.9 Å². The number of pyridine rings is 2. The van der Waals surface area contributed by atoms with Gasteiger partial charge in [-0.2, -0.15) is 0 Å². The van der Waals surface area contributed by atoms with Crippen molar-refractivity contribution in [2.24, 2.45) is 5.73 Å². The number of hydrogen-bond acceptors (Lipinski definition) is 6. The minimum absolute atomic E-state index is 0. The average molecular weight is 397 g/mol. The normalized spacial score (nSPS) is 9.58. The summed E-state index contributed by atoms with van der Waals surface area (Å²) < 4.78 is 19.1. The molecular formula is C14H17Cl3FN5O. The Balaban J connectivity index is 0.00000176. The SMILES string of the molecule is Cl.Cl.Cl.NCCc1nc2c(NCc3ncccc3F)nccc2o1. The van der Waals surface area contributed by atoms with Gasteiger partial charge < -0.3 is 15.5 Å². The maximum atomic E-state index is 13.5. The number of anilines is 1. The van der Waals surface area contributed by atoms with Gasteiger partial charge in [-0.1, -0.05) is 0 Å². The summed E-state index contributed by atoms with van der Waals surface area (Å²) in [5, 5.41) is 3.03. The summed E-state index contributed by atoms with van der Waals surface area (Å²) in [6, 6.07) is 4.65. The number of hydrogen-bond donors (Lipinski definition) is 2. The molecule has 132 valence electrons. The van der Waals surface area contributed by atoms with Gasteiger partial charge in [0.2, 0.25) is 0 Å². The molecule has 0 aliphatic carbocycles. The van der Waals surface area contributed by atoms with E-state index in [0.717, 1.165) is 0 Å². The van der Waals surface area contributed by atoms with E-state index in [1.54, 1.807) is 24.5 Å². The molecule has 0 fully saturated rings. The Morgan fingerprint density at radius 3 is 2.62 bits per heavy atom. The fourth-order valence-corrected chi connectivity index (χ4v) is 1.98. The topological polar surface area (TPSA) is 89.9 Å². The lowest BCUT2D eigenvalue weighted by molar-refractivity contribution is 0.531. The molecule has 0 spiro atoms. The zero-order valence-corrected chi connectivity index (χ0v) is 14.9. The van der Waals surface area contributed by atoms with Crippen molar-refractivity contribution in [1.82, 2.24) is 15.0 Å². The first-order valence-corrected chi connectivity index (χ1v) is 6.55. The van der Waals surface area contributed by atoms with E-state index in [0.29, 0.717) is 41.5 Å². The third-order valence-electron chi connectivity index (χ3n) is 2.97. The number of nitrogens with one attached hydrogen (secondary N) is 1. The fraction of sp³-hybridized carbons (Fsp3) is 0.214. The Kier molecular flexibility index (Phi) is 9.53. The predicted octanol–water partition coefficient (Wildman–Crippen LogP) is 3.14. The van der Waals surface area contributed by atoms with Gasteiger partial charge in [-0.15, -0.1) is 37.2 Å². The first-order chi connectivity index (χ1) is 10.3. The molecule has 0 atom stereocenters. The van der Waals surface area contributed by atoms with Crippen molar-refractivity contribution in [1.29, 1.82) is 0 Å². The van der Waals surface area contributed by atoms with Crippen LogP contribution in [0.3, 0.4) is 0 Å². The molecule has 3 heterocycles. The summed E-state index contributed by atoms with van der Waals surface area (Å²) in [5.41, 5.74) is 7.04. The van der Waals surface area contributed by atoms with Crippen LogP contribution >= 0.6 is 37.2 Å². The minimum Gasteiger partial charge on any atom is -0.440 e. The van der Waals surface area contributed by atoms with E-state index in [2.05, 4.69) is 20.3 Å². The molecule has 10 heteroatoms. The molecule has 3 aromatic rings. The van der Waals surface area contributed by atoms with Crippen molar-refractivity contribution >= 4 is 54.1 Å². The van der Waals surface area contributed by atoms with E-state index < -0.39 is 0 Å². The molecule has 0 saturated carbocycles. The predicted molar refractivity (Wildman–Crippen MR) is 97.8 cm³/mol. The molecule has 0 aliphatic rings. The standard InChI is InChI=1S/C14H14FN5O.3ClH/c15-9-2-1-6-17-10(9)8-19-14-13-11(4-7-18-14)21-12(20-13)3-5-16;;;/h1-2,4,6-7H,3,5,8,16H2,(H,18,19);3*1H. The summed E-state index contributed by atoms with van der Waals surface area (Å²) in [4.78, 5) is 12.5. The van der Waals surface area contributed by atoms with E-state index in [1.165, 1.54) is 6.07 Å². The summed E-state index contributed by atoms with van der Waals surface area (Å²) in [6.45, 7) is 0.681. The van der Waals surface area contributed by atoms with Gasteiger partial charge in [-0.3, -0.25) is 4.98 Å². The van der Waals surface area contributed by atoms with Gasteiger partial charge in [0.1, 0.15) is 5.82 Å².